The number of hydrogen-bond donors (Lipinski definition) is 2. The van der Waals surface area contributed by atoms with Crippen molar-refractivity contribution in [2.45, 2.75) is 39.2 Å². The molecule has 0 aliphatic heterocycles. The number of amidine groups is 1. The number of anilines is 1. The minimum atomic E-state index is 0.0479. The van der Waals surface area contributed by atoms with E-state index in [0.717, 1.165) is 12.2 Å². The highest BCUT2D eigenvalue weighted by molar-refractivity contribution is 5.95. The number of hydrogen-bond acceptors (Lipinski definition) is 4. The summed E-state index contributed by atoms with van der Waals surface area (Å²) in [5.74, 6) is 0.748. The van der Waals surface area contributed by atoms with Crippen LogP contribution in [0.5, 0.6) is 0 Å². The fraction of sp³-hybridized carbons (Fsp3) is 0.571. The third-order valence-corrected chi connectivity index (χ3v) is 3.38. The fourth-order valence-electron chi connectivity index (χ4n) is 2.06. The average Bonchev–Trinajstić information content (AvgIpc) is 3.23. The summed E-state index contributed by atoms with van der Waals surface area (Å²) in [5.41, 5.74) is 7.14. The van der Waals surface area contributed by atoms with Gasteiger partial charge >= 0.3 is 0 Å². The molecule has 0 saturated heterocycles. The van der Waals surface area contributed by atoms with E-state index in [9.17, 15) is 0 Å². The summed E-state index contributed by atoms with van der Waals surface area (Å²) in [7, 11) is 0. The molecule has 1 saturated carbocycles. The number of nitrogens with two attached hydrogens (primary N) is 1. The molecule has 0 radical (unpaired) electrons. The van der Waals surface area contributed by atoms with Crippen LogP contribution in [0.4, 0.5) is 5.69 Å². The first kappa shape index (κ1) is 13.6. The van der Waals surface area contributed by atoms with Gasteiger partial charge in [0.05, 0.1) is 11.9 Å². The van der Waals surface area contributed by atoms with Gasteiger partial charge in [-0.25, -0.2) is 0 Å². The van der Waals surface area contributed by atoms with Gasteiger partial charge in [-0.05, 0) is 37.3 Å². The molecule has 5 nitrogen and oxygen atoms in total. The summed E-state index contributed by atoms with van der Waals surface area (Å²) in [6, 6.07) is 4.46. The molecule has 0 unspecified atom stereocenters. The highest BCUT2D eigenvalue weighted by atomic mass is 16.4. The van der Waals surface area contributed by atoms with E-state index in [1.54, 1.807) is 6.07 Å². The van der Waals surface area contributed by atoms with Crippen LogP contribution in [0.15, 0.2) is 23.5 Å². The number of nitrogens with zero attached hydrogens (tertiary/aromatic N) is 3. The Morgan fingerprint density at radius 1 is 1.53 bits per heavy atom. The van der Waals surface area contributed by atoms with E-state index in [2.05, 4.69) is 28.9 Å². The van der Waals surface area contributed by atoms with Crippen molar-refractivity contribution in [2.75, 3.05) is 11.4 Å². The number of oxime groups is 1. The predicted octanol–water partition coefficient (Wildman–Crippen LogP) is 2.19. The topological polar surface area (TPSA) is 74.7 Å². The minimum absolute atomic E-state index is 0.0479. The highest BCUT2D eigenvalue weighted by Crippen LogP contribution is 2.31. The van der Waals surface area contributed by atoms with Crippen LogP contribution in [0.2, 0.25) is 0 Å². The Labute approximate surface area is 114 Å². The van der Waals surface area contributed by atoms with Gasteiger partial charge in [0.15, 0.2) is 5.84 Å². The Morgan fingerprint density at radius 2 is 2.26 bits per heavy atom. The maximum absolute atomic E-state index is 8.62. The Kier molecular flexibility index (Phi) is 4.24. The van der Waals surface area contributed by atoms with E-state index < -0.39 is 0 Å². The van der Waals surface area contributed by atoms with Crippen molar-refractivity contribution < 1.29 is 5.21 Å². The third kappa shape index (κ3) is 3.59. The molecule has 1 aliphatic rings. The molecule has 1 fully saturated rings. The van der Waals surface area contributed by atoms with Crippen molar-refractivity contribution in [3.05, 3.63) is 24.0 Å². The van der Waals surface area contributed by atoms with Gasteiger partial charge in [0.25, 0.3) is 0 Å². The largest absolute Gasteiger partial charge is 0.409 e. The van der Waals surface area contributed by atoms with Crippen LogP contribution < -0.4 is 10.6 Å². The van der Waals surface area contributed by atoms with Crippen LogP contribution >= 0.6 is 0 Å². The monoisotopic (exact) mass is 262 g/mol. The summed E-state index contributed by atoms with van der Waals surface area (Å²) in [6.45, 7) is 5.54. The standard InChI is InChI=1S/C14H22N4O/c1-10(2)7-8-18(11-3-4-11)12-5-6-13(16-9-12)14(15)17-19/h5-6,9-11,19H,3-4,7-8H2,1-2H3,(H2,15,17). The Morgan fingerprint density at radius 3 is 2.74 bits per heavy atom. The lowest BCUT2D eigenvalue weighted by Crippen LogP contribution is -2.28. The summed E-state index contributed by atoms with van der Waals surface area (Å²) in [6.07, 6.45) is 5.52. The first-order valence-corrected chi connectivity index (χ1v) is 6.82. The molecule has 1 aromatic heterocycles. The van der Waals surface area contributed by atoms with Crippen molar-refractivity contribution in [3.8, 4) is 0 Å². The van der Waals surface area contributed by atoms with E-state index in [1.165, 1.54) is 19.3 Å². The second-order valence-corrected chi connectivity index (χ2v) is 5.49. The van der Waals surface area contributed by atoms with Crippen LogP contribution in [-0.4, -0.2) is 28.6 Å². The molecule has 0 spiro atoms. The second-order valence-electron chi connectivity index (χ2n) is 5.49. The fourth-order valence-corrected chi connectivity index (χ4v) is 2.06. The maximum atomic E-state index is 8.62. The van der Waals surface area contributed by atoms with Crippen molar-refractivity contribution in [2.24, 2.45) is 16.8 Å². The molecule has 5 heteroatoms. The SMILES string of the molecule is CC(C)CCN(c1ccc(/C(N)=N/O)nc1)C1CC1. The molecular weight excluding hydrogens is 240 g/mol. The minimum Gasteiger partial charge on any atom is -0.409 e. The Balaban J connectivity index is 2.09. The molecule has 3 N–H and O–H groups in total. The summed E-state index contributed by atoms with van der Waals surface area (Å²) < 4.78 is 0. The molecule has 0 amide bonds. The Hall–Kier alpha value is -1.78. The molecule has 0 atom stereocenters. The van der Waals surface area contributed by atoms with E-state index in [1.807, 2.05) is 12.3 Å². The number of pyridine rings is 1. The molecule has 2 rings (SSSR count). The first-order chi connectivity index (χ1) is 9.11. The zero-order valence-electron chi connectivity index (χ0n) is 11.6. The zero-order chi connectivity index (χ0) is 13.8. The molecule has 1 aliphatic carbocycles. The zero-order valence-corrected chi connectivity index (χ0v) is 11.6. The van der Waals surface area contributed by atoms with E-state index >= 15 is 0 Å². The van der Waals surface area contributed by atoms with Crippen LogP contribution in [0, 0.1) is 5.92 Å². The van der Waals surface area contributed by atoms with Gasteiger partial charge in [0.1, 0.15) is 5.69 Å². The Bertz CT molecular complexity index is 437. The third-order valence-electron chi connectivity index (χ3n) is 3.38. The first-order valence-electron chi connectivity index (χ1n) is 6.82. The molecule has 104 valence electrons. The van der Waals surface area contributed by atoms with E-state index in [0.29, 0.717) is 17.7 Å². The van der Waals surface area contributed by atoms with Crippen LogP contribution in [0.3, 0.4) is 0 Å². The summed E-state index contributed by atoms with van der Waals surface area (Å²) >= 11 is 0. The quantitative estimate of drug-likeness (QED) is 0.357. The maximum Gasteiger partial charge on any atom is 0.188 e. The molecule has 1 heterocycles. The van der Waals surface area contributed by atoms with E-state index in [-0.39, 0.29) is 5.84 Å². The smallest absolute Gasteiger partial charge is 0.188 e. The lowest BCUT2D eigenvalue weighted by molar-refractivity contribution is 0.318. The van der Waals surface area contributed by atoms with Gasteiger partial charge in [0.2, 0.25) is 0 Å². The average molecular weight is 262 g/mol. The lowest BCUT2D eigenvalue weighted by atomic mass is 10.1. The normalized spacial score (nSPS) is 15.8. The van der Waals surface area contributed by atoms with Crippen LogP contribution in [0.25, 0.3) is 0 Å². The van der Waals surface area contributed by atoms with E-state index in [4.69, 9.17) is 10.9 Å². The van der Waals surface area contributed by atoms with Gasteiger partial charge in [-0.15, -0.1) is 0 Å². The van der Waals surface area contributed by atoms with Gasteiger partial charge in [0, 0.05) is 12.6 Å². The van der Waals surface area contributed by atoms with Crippen molar-refractivity contribution in [3.63, 3.8) is 0 Å². The van der Waals surface area contributed by atoms with Gasteiger partial charge in [-0.2, -0.15) is 0 Å². The van der Waals surface area contributed by atoms with Gasteiger partial charge in [-0.3, -0.25) is 4.98 Å². The molecule has 19 heavy (non-hydrogen) atoms. The lowest BCUT2D eigenvalue weighted by Gasteiger charge is -2.25. The number of aromatic nitrogens is 1. The van der Waals surface area contributed by atoms with Gasteiger partial charge < -0.3 is 15.8 Å². The summed E-state index contributed by atoms with van der Waals surface area (Å²) in [4.78, 5) is 6.67. The van der Waals surface area contributed by atoms with Crippen molar-refractivity contribution >= 4 is 11.5 Å². The van der Waals surface area contributed by atoms with Crippen molar-refractivity contribution in [1.82, 2.24) is 4.98 Å². The molecule has 0 aromatic carbocycles. The van der Waals surface area contributed by atoms with Gasteiger partial charge in [-0.1, -0.05) is 19.0 Å². The predicted molar refractivity (Wildman–Crippen MR) is 76.6 cm³/mol. The van der Waals surface area contributed by atoms with Crippen LogP contribution in [0.1, 0.15) is 38.8 Å². The second kappa shape index (κ2) is 5.91. The summed E-state index contributed by atoms with van der Waals surface area (Å²) in [5, 5.41) is 11.6. The molecule has 0 bridgehead atoms. The number of rotatable bonds is 6. The molecular formula is C14H22N4O. The molecule has 1 aromatic rings. The van der Waals surface area contributed by atoms with Crippen molar-refractivity contribution in [1.29, 1.82) is 0 Å². The highest BCUT2D eigenvalue weighted by Gasteiger charge is 2.29. The van der Waals surface area contributed by atoms with Crippen LogP contribution in [-0.2, 0) is 0 Å².